The van der Waals surface area contributed by atoms with Crippen molar-refractivity contribution < 1.29 is 4.79 Å². The minimum Gasteiger partial charge on any atom is -0.339 e. The number of hydrogen-bond acceptors (Lipinski definition) is 2. The number of carbonyl (C=O) groups is 1. The van der Waals surface area contributed by atoms with Crippen LogP contribution in [0.3, 0.4) is 0 Å². The van der Waals surface area contributed by atoms with Crippen molar-refractivity contribution in [3.63, 3.8) is 0 Å². The van der Waals surface area contributed by atoms with Gasteiger partial charge in [-0.15, -0.1) is 6.58 Å². The number of nitrogens with zero attached hydrogens (tertiary/aromatic N) is 1. The van der Waals surface area contributed by atoms with Gasteiger partial charge < -0.3 is 10.6 Å². The minimum absolute atomic E-state index is 0.162. The fraction of sp³-hybridized carbons (Fsp3) is 0.727. The smallest absolute Gasteiger partial charge is 0.224 e. The molecule has 0 bridgehead atoms. The van der Waals surface area contributed by atoms with E-state index in [1.165, 1.54) is 0 Å². The van der Waals surface area contributed by atoms with Crippen LogP contribution in [0, 0.1) is 0 Å². The van der Waals surface area contributed by atoms with Crippen LogP contribution in [0.15, 0.2) is 12.7 Å². The number of carbonyl (C=O) groups excluding carboxylic acids is 1. The van der Waals surface area contributed by atoms with Crippen LogP contribution >= 0.6 is 0 Å². The highest BCUT2D eigenvalue weighted by molar-refractivity contribution is 5.77. The average molecular weight is 196 g/mol. The fourth-order valence-electron chi connectivity index (χ4n) is 1.78. The highest BCUT2D eigenvalue weighted by Crippen LogP contribution is 2.32. The summed E-state index contributed by atoms with van der Waals surface area (Å²) in [5.74, 6) is 0.162. The third-order valence-corrected chi connectivity index (χ3v) is 2.94. The van der Waals surface area contributed by atoms with Crippen LogP contribution in [0.25, 0.3) is 0 Å². The number of hydrogen-bond donors (Lipinski definition) is 1. The van der Waals surface area contributed by atoms with Crippen molar-refractivity contribution in [3.8, 4) is 0 Å². The van der Waals surface area contributed by atoms with E-state index in [0.717, 1.165) is 25.8 Å². The molecule has 0 aromatic carbocycles. The zero-order valence-corrected chi connectivity index (χ0v) is 8.96. The van der Waals surface area contributed by atoms with E-state index in [4.69, 9.17) is 5.73 Å². The first-order chi connectivity index (χ1) is 6.61. The maximum absolute atomic E-state index is 11.8. The molecule has 0 heterocycles. The SMILES string of the molecule is C=CCN(CC)C(=O)CC1(N)CCC1. The molecule has 14 heavy (non-hydrogen) atoms. The molecular formula is C11H20N2O. The van der Waals surface area contributed by atoms with Gasteiger partial charge in [0.05, 0.1) is 0 Å². The second-order valence-electron chi connectivity index (χ2n) is 4.11. The lowest BCUT2D eigenvalue weighted by molar-refractivity contribution is -0.132. The van der Waals surface area contributed by atoms with E-state index >= 15 is 0 Å². The molecule has 1 amide bonds. The van der Waals surface area contributed by atoms with Crippen molar-refractivity contribution in [2.24, 2.45) is 5.73 Å². The van der Waals surface area contributed by atoms with Gasteiger partial charge in [0.25, 0.3) is 0 Å². The van der Waals surface area contributed by atoms with Crippen molar-refractivity contribution in [2.75, 3.05) is 13.1 Å². The van der Waals surface area contributed by atoms with Gasteiger partial charge in [-0.3, -0.25) is 4.79 Å². The molecule has 0 spiro atoms. The zero-order valence-electron chi connectivity index (χ0n) is 8.96. The van der Waals surface area contributed by atoms with Crippen molar-refractivity contribution in [1.82, 2.24) is 4.90 Å². The zero-order chi connectivity index (χ0) is 10.6. The maximum Gasteiger partial charge on any atom is 0.224 e. The number of nitrogens with two attached hydrogens (primary N) is 1. The normalized spacial score (nSPS) is 18.4. The van der Waals surface area contributed by atoms with Gasteiger partial charge in [0.2, 0.25) is 5.91 Å². The van der Waals surface area contributed by atoms with E-state index in [2.05, 4.69) is 6.58 Å². The molecule has 80 valence electrons. The van der Waals surface area contributed by atoms with Gasteiger partial charge in [-0.05, 0) is 26.2 Å². The minimum atomic E-state index is -0.203. The monoisotopic (exact) mass is 196 g/mol. The first kappa shape index (κ1) is 11.2. The quantitative estimate of drug-likeness (QED) is 0.673. The molecule has 0 radical (unpaired) electrons. The van der Waals surface area contributed by atoms with Gasteiger partial charge in [0, 0.05) is 25.0 Å². The predicted molar refractivity (Wildman–Crippen MR) is 57.8 cm³/mol. The summed E-state index contributed by atoms with van der Waals surface area (Å²) in [5.41, 5.74) is 5.82. The topological polar surface area (TPSA) is 46.3 Å². The Kier molecular flexibility index (Phi) is 3.69. The lowest BCUT2D eigenvalue weighted by atomic mass is 9.75. The highest BCUT2D eigenvalue weighted by Gasteiger charge is 2.35. The average Bonchev–Trinajstić information content (AvgIpc) is 2.11. The van der Waals surface area contributed by atoms with Crippen LogP contribution in [0.5, 0.6) is 0 Å². The van der Waals surface area contributed by atoms with E-state index in [9.17, 15) is 4.79 Å². The van der Waals surface area contributed by atoms with Gasteiger partial charge in [-0.25, -0.2) is 0 Å². The van der Waals surface area contributed by atoms with E-state index in [-0.39, 0.29) is 11.4 Å². The van der Waals surface area contributed by atoms with Crippen LogP contribution in [-0.2, 0) is 4.79 Å². The second kappa shape index (κ2) is 4.60. The fourth-order valence-corrected chi connectivity index (χ4v) is 1.78. The molecule has 0 atom stereocenters. The van der Waals surface area contributed by atoms with Gasteiger partial charge in [-0.2, -0.15) is 0 Å². The Morgan fingerprint density at radius 3 is 2.64 bits per heavy atom. The lowest BCUT2D eigenvalue weighted by Crippen LogP contribution is -2.50. The summed E-state index contributed by atoms with van der Waals surface area (Å²) in [4.78, 5) is 13.6. The van der Waals surface area contributed by atoms with Crippen LogP contribution in [0.4, 0.5) is 0 Å². The summed E-state index contributed by atoms with van der Waals surface area (Å²) >= 11 is 0. The van der Waals surface area contributed by atoms with Crippen molar-refractivity contribution >= 4 is 5.91 Å². The third kappa shape index (κ3) is 2.58. The van der Waals surface area contributed by atoms with E-state index < -0.39 is 0 Å². The van der Waals surface area contributed by atoms with Crippen molar-refractivity contribution in [2.45, 2.75) is 38.1 Å². The van der Waals surface area contributed by atoms with Gasteiger partial charge in [-0.1, -0.05) is 6.08 Å². The van der Waals surface area contributed by atoms with E-state index in [0.29, 0.717) is 13.0 Å². The number of rotatable bonds is 5. The van der Waals surface area contributed by atoms with Crippen molar-refractivity contribution in [3.05, 3.63) is 12.7 Å². The Bertz CT molecular complexity index is 221. The third-order valence-electron chi connectivity index (χ3n) is 2.94. The Balaban J connectivity index is 2.42. The first-order valence-electron chi connectivity index (χ1n) is 5.29. The van der Waals surface area contributed by atoms with Crippen molar-refractivity contribution in [1.29, 1.82) is 0 Å². The van der Waals surface area contributed by atoms with Gasteiger partial charge in [0.1, 0.15) is 0 Å². The standard InChI is InChI=1S/C11H20N2O/c1-3-8-13(4-2)10(14)9-11(12)6-5-7-11/h3H,1,4-9,12H2,2H3. The number of likely N-dealkylation sites (N-methyl/N-ethyl adjacent to an activating group) is 1. The Morgan fingerprint density at radius 2 is 2.29 bits per heavy atom. The molecule has 0 aliphatic heterocycles. The molecule has 0 saturated heterocycles. The van der Waals surface area contributed by atoms with Crippen LogP contribution < -0.4 is 5.73 Å². The molecule has 1 fully saturated rings. The molecule has 1 rings (SSSR count). The second-order valence-corrected chi connectivity index (χ2v) is 4.11. The molecule has 0 unspecified atom stereocenters. The highest BCUT2D eigenvalue weighted by atomic mass is 16.2. The summed E-state index contributed by atoms with van der Waals surface area (Å²) in [5, 5.41) is 0. The lowest BCUT2D eigenvalue weighted by Gasteiger charge is -2.38. The summed E-state index contributed by atoms with van der Waals surface area (Å²) in [7, 11) is 0. The molecule has 0 aromatic heterocycles. The van der Waals surface area contributed by atoms with E-state index in [1.807, 2.05) is 6.92 Å². The summed E-state index contributed by atoms with van der Waals surface area (Å²) in [6, 6.07) is 0. The maximum atomic E-state index is 11.8. The Hall–Kier alpha value is -0.830. The molecule has 1 aliphatic rings. The van der Waals surface area contributed by atoms with Crippen LogP contribution in [0.1, 0.15) is 32.6 Å². The van der Waals surface area contributed by atoms with Gasteiger partial charge in [0.15, 0.2) is 0 Å². The summed E-state index contributed by atoms with van der Waals surface area (Å²) < 4.78 is 0. The molecule has 0 aromatic rings. The molecule has 2 N–H and O–H groups in total. The molecule has 1 saturated carbocycles. The molecule has 1 aliphatic carbocycles. The van der Waals surface area contributed by atoms with Crippen LogP contribution in [0.2, 0.25) is 0 Å². The predicted octanol–water partition coefficient (Wildman–Crippen LogP) is 1.29. The van der Waals surface area contributed by atoms with E-state index in [1.54, 1.807) is 11.0 Å². The Morgan fingerprint density at radius 1 is 1.64 bits per heavy atom. The molecular weight excluding hydrogens is 176 g/mol. The summed E-state index contributed by atoms with van der Waals surface area (Å²) in [6.07, 6.45) is 5.40. The summed E-state index contributed by atoms with van der Waals surface area (Å²) in [6.45, 7) is 6.98. The van der Waals surface area contributed by atoms with Gasteiger partial charge >= 0.3 is 0 Å². The van der Waals surface area contributed by atoms with Crippen LogP contribution in [-0.4, -0.2) is 29.4 Å². The first-order valence-corrected chi connectivity index (χ1v) is 5.29. The Labute approximate surface area is 86.0 Å². The number of amides is 1. The largest absolute Gasteiger partial charge is 0.339 e. The molecule has 3 heteroatoms. The molecule has 3 nitrogen and oxygen atoms in total.